The maximum Gasteiger partial charge on any atom is 0.254 e. The summed E-state index contributed by atoms with van der Waals surface area (Å²) in [5.74, 6) is 1.07. The molecule has 0 saturated heterocycles. The fraction of sp³-hybridized carbons (Fsp3) is 0.389. The van der Waals surface area contributed by atoms with Crippen molar-refractivity contribution in [2.45, 2.75) is 39.8 Å². The van der Waals surface area contributed by atoms with Crippen LogP contribution >= 0.6 is 0 Å². The minimum absolute atomic E-state index is 0.0337. The van der Waals surface area contributed by atoms with Gasteiger partial charge in [-0.1, -0.05) is 25.5 Å². The second kappa shape index (κ2) is 8.29. The molecule has 0 radical (unpaired) electrons. The van der Waals surface area contributed by atoms with Crippen LogP contribution in [0.2, 0.25) is 0 Å². The first-order valence-electron chi connectivity index (χ1n) is 8.00. The van der Waals surface area contributed by atoms with Gasteiger partial charge in [-0.25, -0.2) is 4.98 Å². The Hall–Kier alpha value is -2.63. The number of carbonyl (C=O) groups excluding carboxylic acids is 1. The number of nitrogens with one attached hydrogen (secondary N) is 1. The number of nitrogens with zero attached hydrogens (tertiary/aromatic N) is 2. The summed E-state index contributed by atoms with van der Waals surface area (Å²) in [5.41, 5.74) is 1.51. The second-order valence-electron chi connectivity index (χ2n) is 5.60. The summed E-state index contributed by atoms with van der Waals surface area (Å²) in [4.78, 5) is 28.7. The molecule has 6 nitrogen and oxygen atoms in total. The van der Waals surface area contributed by atoms with Gasteiger partial charge in [0, 0.05) is 18.3 Å². The molecule has 0 bridgehead atoms. The van der Waals surface area contributed by atoms with E-state index in [9.17, 15) is 9.59 Å². The molecule has 0 aliphatic heterocycles. The molecule has 0 fully saturated rings. The third-order valence-corrected chi connectivity index (χ3v) is 3.68. The van der Waals surface area contributed by atoms with Crippen molar-refractivity contribution in [1.29, 1.82) is 0 Å². The molecule has 1 heterocycles. The molecule has 0 unspecified atom stereocenters. The highest BCUT2D eigenvalue weighted by molar-refractivity contribution is 5.75. The fourth-order valence-electron chi connectivity index (χ4n) is 2.44. The van der Waals surface area contributed by atoms with Gasteiger partial charge in [0.15, 0.2) is 0 Å². The third-order valence-electron chi connectivity index (χ3n) is 3.68. The quantitative estimate of drug-likeness (QED) is 0.841. The van der Waals surface area contributed by atoms with Crippen molar-refractivity contribution in [3.63, 3.8) is 0 Å². The van der Waals surface area contributed by atoms with E-state index >= 15 is 0 Å². The zero-order chi connectivity index (χ0) is 17.5. The molecule has 1 amide bonds. The number of hydrogen-bond acceptors (Lipinski definition) is 4. The molecule has 0 aliphatic rings. The zero-order valence-corrected chi connectivity index (χ0v) is 14.3. The van der Waals surface area contributed by atoms with Gasteiger partial charge in [0.2, 0.25) is 5.91 Å². The van der Waals surface area contributed by atoms with Gasteiger partial charge in [-0.2, -0.15) is 0 Å². The van der Waals surface area contributed by atoms with Crippen molar-refractivity contribution in [2.75, 3.05) is 7.11 Å². The van der Waals surface area contributed by atoms with Crippen LogP contribution in [0.25, 0.3) is 0 Å². The highest BCUT2D eigenvalue weighted by Crippen LogP contribution is 2.12. The predicted octanol–water partition coefficient (Wildman–Crippen LogP) is 1.83. The Morgan fingerprint density at radius 3 is 2.79 bits per heavy atom. The number of benzene rings is 1. The molecule has 24 heavy (non-hydrogen) atoms. The first kappa shape index (κ1) is 17.7. The Balaban J connectivity index is 2.00. The normalized spacial score (nSPS) is 10.5. The summed E-state index contributed by atoms with van der Waals surface area (Å²) in [7, 11) is 1.60. The van der Waals surface area contributed by atoms with E-state index in [2.05, 4.69) is 10.3 Å². The number of rotatable bonds is 7. The fourth-order valence-corrected chi connectivity index (χ4v) is 2.44. The molecule has 1 aromatic carbocycles. The van der Waals surface area contributed by atoms with E-state index in [1.807, 2.05) is 31.2 Å². The number of amides is 1. The standard InChI is InChI=1S/C18H23N3O3/c1-4-6-15-10-18(23)21(13(2)20-15)12-17(22)19-11-14-7-5-8-16(9-14)24-3/h5,7-10H,4,6,11-12H2,1-3H3,(H,19,22). The first-order valence-corrected chi connectivity index (χ1v) is 8.00. The Morgan fingerprint density at radius 2 is 2.12 bits per heavy atom. The third kappa shape index (κ3) is 4.68. The molecule has 0 aliphatic carbocycles. The van der Waals surface area contributed by atoms with Crippen molar-refractivity contribution in [1.82, 2.24) is 14.9 Å². The molecule has 0 atom stereocenters. The molecule has 128 valence electrons. The monoisotopic (exact) mass is 329 g/mol. The van der Waals surface area contributed by atoms with Crippen LogP contribution in [0, 0.1) is 6.92 Å². The van der Waals surface area contributed by atoms with Crippen LogP contribution in [-0.4, -0.2) is 22.6 Å². The Kier molecular flexibility index (Phi) is 6.12. The zero-order valence-electron chi connectivity index (χ0n) is 14.3. The largest absolute Gasteiger partial charge is 0.497 e. The maximum atomic E-state index is 12.2. The van der Waals surface area contributed by atoms with Crippen LogP contribution in [0.1, 0.15) is 30.4 Å². The number of hydrogen-bond donors (Lipinski definition) is 1. The topological polar surface area (TPSA) is 73.2 Å². The highest BCUT2D eigenvalue weighted by Gasteiger charge is 2.09. The lowest BCUT2D eigenvalue weighted by Gasteiger charge is -2.11. The Morgan fingerprint density at radius 1 is 1.33 bits per heavy atom. The van der Waals surface area contributed by atoms with Crippen molar-refractivity contribution in [3.05, 3.63) is 57.8 Å². The summed E-state index contributed by atoms with van der Waals surface area (Å²) in [6, 6.07) is 8.98. The maximum absolute atomic E-state index is 12.2. The van der Waals surface area contributed by atoms with E-state index in [-0.39, 0.29) is 18.0 Å². The average molecular weight is 329 g/mol. The molecule has 1 N–H and O–H groups in total. The van der Waals surface area contributed by atoms with E-state index in [1.54, 1.807) is 14.0 Å². The number of methoxy groups -OCH3 is 1. The van der Waals surface area contributed by atoms with Gasteiger partial charge in [-0.3, -0.25) is 14.2 Å². The van der Waals surface area contributed by atoms with Crippen LogP contribution in [0.3, 0.4) is 0 Å². The summed E-state index contributed by atoms with van der Waals surface area (Å²) >= 11 is 0. The molecule has 2 rings (SSSR count). The van der Waals surface area contributed by atoms with Gasteiger partial charge in [0.25, 0.3) is 5.56 Å². The van der Waals surface area contributed by atoms with Crippen LogP contribution in [0.5, 0.6) is 5.75 Å². The first-order chi connectivity index (χ1) is 11.5. The Bertz CT molecular complexity index is 768. The lowest BCUT2D eigenvalue weighted by molar-refractivity contribution is -0.121. The second-order valence-corrected chi connectivity index (χ2v) is 5.60. The smallest absolute Gasteiger partial charge is 0.254 e. The molecule has 2 aromatic rings. The van der Waals surface area contributed by atoms with E-state index in [1.165, 1.54) is 10.6 Å². The number of aryl methyl sites for hydroxylation is 2. The van der Waals surface area contributed by atoms with E-state index in [4.69, 9.17) is 4.74 Å². The molecule has 1 aromatic heterocycles. The Labute approximate surface area is 141 Å². The molecule has 6 heteroatoms. The van der Waals surface area contributed by atoms with Crippen molar-refractivity contribution in [2.24, 2.45) is 0 Å². The molecule has 0 spiro atoms. The number of ether oxygens (including phenoxy) is 1. The summed E-state index contributed by atoms with van der Waals surface area (Å²) < 4.78 is 6.54. The lowest BCUT2D eigenvalue weighted by atomic mass is 10.2. The van der Waals surface area contributed by atoms with Crippen molar-refractivity contribution >= 4 is 5.91 Å². The molecular weight excluding hydrogens is 306 g/mol. The average Bonchev–Trinajstić information content (AvgIpc) is 2.57. The van der Waals surface area contributed by atoms with E-state index in [0.717, 1.165) is 29.8 Å². The summed E-state index contributed by atoms with van der Waals surface area (Å²) in [6.45, 7) is 4.13. The van der Waals surface area contributed by atoms with Crippen LogP contribution in [0.4, 0.5) is 0 Å². The predicted molar refractivity (Wildman–Crippen MR) is 92.1 cm³/mol. The van der Waals surface area contributed by atoms with Gasteiger partial charge in [-0.05, 0) is 31.0 Å². The minimum Gasteiger partial charge on any atom is -0.497 e. The van der Waals surface area contributed by atoms with Gasteiger partial charge >= 0.3 is 0 Å². The highest BCUT2D eigenvalue weighted by atomic mass is 16.5. The molecule has 0 saturated carbocycles. The van der Waals surface area contributed by atoms with Gasteiger partial charge in [0.1, 0.15) is 18.1 Å². The van der Waals surface area contributed by atoms with Gasteiger partial charge in [-0.15, -0.1) is 0 Å². The van der Waals surface area contributed by atoms with E-state index < -0.39 is 0 Å². The molecular formula is C18H23N3O3. The number of carbonyl (C=O) groups is 1. The van der Waals surface area contributed by atoms with Gasteiger partial charge < -0.3 is 10.1 Å². The van der Waals surface area contributed by atoms with Crippen LogP contribution in [-0.2, 0) is 24.3 Å². The number of aromatic nitrogens is 2. The van der Waals surface area contributed by atoms with Gasteiger partial charge in [0.05, 0.1) is 7.11 Å². The van der Waals surface area contributed by atoms with Crippen molar-refractivity contribution < 1.29 is 9.53 Å². The lowest BCUT2D eigenvalue weighted by Crippen LogP contribution is -2.33. The van der Waals surface area contributed by atoms with E-state index in [0.29, 0.717) is 12.4 Å². The van der Waals surface area contributed by atoms with Crippen LogP contribution in [0.15, 0.2) is 35.1 Å². The SMILES string of the molecule is CCCc1cc(=O)n(CC(=O)NCc2cccc(OC)c2)c(C)n1. The summed E-state index contributed by atoms with van der Waals surface area (Å²) in [5, 5.41) is 2.81. The summed E-state index contributed by atoms with van der Waals surface area (Å²) in [6.07, 6.45) is 1.69. The van der Waals surface area contributed by atoms with Crippen molar-refractivity contribution in [3.8, 4) is 5.75 Å². The minimum atomic E-state index is -0.229. The van der Waals surface area contributed by atoms with Crippen LogP contribution < -0.4 is 15.6 Å².